The van der Waals surface area contributed by atoms with Gasteiger partial charge in [-0.05, 0) is 74.7 Å². The lowest BCUT2D eigenvalue weighted by atomic mass is 9.91. The smallest absolute Gasteiger partial charge is 0.163 e. The molecule has 1 aliphatic rings. The number of halogens is 2. The number of benzene rings is 1. The van der Waals surface area contributed by atoms with Crippen molar-refractivity contribution in [2.45, 2.75) is 38.7 Å². The van der Waals surface area contributed by atoms with Crippen LogP contribution >= 0.6 is 11.6 Å². The number of fused-ring (bicyclic) bond motifs is 1. The largest absolute Gasteiger partial charge is 0.373 e. The van der Waals surface area contributed by atoms with Crippen LogP contribution < -0.4 is 0 Å². The molecule has 162 valence electrons. The lowest BCUT2D eigenvalue weighted by molar-refractivity contribution is 0.00393. The molecule has 1 fully saturated rings. The Labute approximate surface area is 190 Å². The summed E-state index contributed by atoms with van der Waals surface area (Å²) in [6.07, 6.45) is 3.28. The summed E-state index contributed by atoms with van der Waals surface area (Å²) in [4.78, 5) is 18.6. The molecule has 0 bridgehead atoms. The highest BCUT2D eigenvalue weighted by Gasteiger charge is 2.28. The minimum absolute atomic E-state index is 0.0593. The standard InChI is InChI=1S/C25H22ClFN4O/c1-14-3-5-20-23(19-6-4-18(26)13-21(19)27)30-24(31-25(20)29-14)17-8-10-32-22(12-17)16-7-9-28-15(2)11-16/h3-7,9,11,13,17,22H,8,10,12H2,1-2H3/t17-,22+/m0/s1. The van der Waals surface area contributed by atoms with Gasteiger partial charge in [0.1, 0.15) is 11.6 Å². The molecule has 0 unspecified atom stereocenters. The zero-order valence-corrected chi connectivity index (χ0v) is 18.6. The molecule has 1 aliphatic heterocycles. The number of pyridine rings is 2. The fourth-order valence-electron chi connectivity index (χ4n) is 4.22. The maximum Gasteiger partial charge on any atom is 0.163 e. The van der Waals surface area contributed by atoms with Crippen molar-refractivity contribution in [3.05, 3.63) is 82.3 Å². The predicted octanol–water partition coefficient (Wildman–Crippen LogP) is 6.13. The molecule has 7 heteroatoms. The van der Waals surface area contributed by atoms with Crippen molar-refractivity contribution in [3.8, 4) is 11.3 Å². The summed E-state index contributed by atoms with van der Waals surface area (Å²) in [6, 6.07) is 12.5. The van der Waals surface area contributed by atoms with Crippen molar-refractivity contribution >= 4 is 22.6 Å². The highest BCUT2D eigenvalue weighted by Crippen LogP contribution is 2.38. The van der Waals surface area contributed by atoms with E-state index in [0.717, 1.165) is 29.8 Å². The molecular formula is C25H22ClFN4O. The fourth-order valence-corrected chi connectivity index (χ4v) is 4.38. The molecule has 0 N–H and O–H groups in total. The van der Waals surface area contributed by atoms with Crippen LogP contribution in [0.3, 0.4) is 0 Å². The van der Waals surface area contributed by atoms with Crippen LogP contribution in [-0.4, -0.2) is 26.5 Å². The van der Waals surface area contributed by atoms with E-state index in [2.05, 4.69) is 9.97 Å². The third-order valence-corrected chi connectivity index (χ3v) is 6.08. The molecule has 2 atom stereocenters. The summed E-state index contributed by atoms with van der Waals surface area (Å²) in [5.74, 6) is 0.322. The van der Waals surface area contributed by atoms with Gasteiger partial charge < -0.3 is 4.74 Å². The lowest BCUT2D eigenvalue weighted by Crippen LogP contribution is -2.21. The van der Waals surface area contributed by atoms with Gasteiger partial charge in [0, 0.05) is 46.1 Å². The van der Waals surface area contributed by atoms with E-state index >= 15 is 0 Å². The molecule has 4 aromatic rings. The quantitative estimate of drug-likeness (QED) is 0.377. The fraction of sp³-hybridized carbons (Fsp3) is 0.280. The number of nitrogens with zero attached hydrogens (tertiary/aromatic N) is 4. The number of ether oxygens (including phenoxy) is 1. The van der Waals surface area contributed by atoms with E-state index in [9.17, 15) is 4.39 Å². The summed E-state index contributed by atoms with van der Waals surface area (Å²) in [5, 5.41) is 1.06. The van der Waals surface area contributed by atoms with Crippen LogP contribution in [0.1, 0.15) is 47.6 Å². The van der Waals surface area contributed by atoms with Crippen LogP contribution in [0.2, 0.25) is 5.02 Å². The van der Waals surface area contributed by atoms with Crippen molar-refractivity contribution in [2.75, 3.05) is 6.61 Å². The Morgan fingerprint density at radius 2 is 1.88 bits per heavy atom. The van der Waals surface area contributed by atoms with E-state index in [1.54, 1.807) is 18.3 Å². The normalized spacial score (nSPS) is 18.8. The monoisotopic (exact) mass is 448 g/mol. The minimum Gasteiger partial charge on any atom is -0.373 e. The zero-order chi connectivity index (χ0) is 22.2. The van der Waals surface area contributed by atoms with Gasteiger partial charge in [-0.15, -0.1) is 0 Å². The van der Waals surface area contributed by atoms with Gasteiger partial charge in [-0.2, -0.15) is 0 Å². The van der Waals surface area contributed by atoms with Gasteiger partial charge in [0.15, 0.2) is 5.65 Å². The summed E-state index contributed by atoms with van der Waals surface area (Å²) >= 11 is 5.98. The second-order valence-corrected chi connectivity index (χ2v) is 8.63. The SMILES string of the molecule is Cc1cc([C@H]2C[C@@H](c3nc(-c4ccc(Cl)cc4F)c4ccc(C)nc4n3)CCO2)ccn1. The van der Waals surface area contributed by atoms with Crippen LogP contribution in [0.5, 0.6) is 0 Å². The zero-order valence-electron chi connectivity index (χ0n) is 17.8. The second kappa shape index (κ2) is 8.52. The topological polar surface area (TPSA) is 60.8 Å². The molecule has 4 heterocycles. The first-order valence-electron chi connectivity index (χ1n) is 10.6. The molecule has 3 aromatic heterocycles. The van der Waals surface area contributed by atoms with E-state index in [-0.39, 0.29) is 12.0 Å². The molecule has 32 heavy (non-hydrogen) atoms. The van der Waals surface area contributed by atoms with Gasteiger partial charge in [-0.25, -0.2) is 19.3 Å². The Morgan fingerprint density at radius 3 is 2.69 bits per heavy atom. The lowest BCUT2D eigenvalue weighted by Gasteiger charge is -2.29. The van der Waals surface area contributed by atoms with Gasteiger partial charge in [0.05, 0.1) is 11.8 Å². The van der Waals surface area contributed by atoms with E-state index < -0.39 is 5.82 Å². The van der Waals surface area contributed by atoms with Crippen LogP contribution in [0.15, 0.2) is 48.7 Å². The van der Waals surface area contributed by atoms with E-state index in [1.165, 1.54) is 6.07 Å². The molecule has 1 saturated heterocycles. The number of aryl methyl sites for hydroxylation is 2. The van der Waals surface area contributed by atoms with E-state index in [0.29, 0.717) is 39.7 Å². The highest BCUT2D eigenvalue weighted by atomic mass is 35.5. The first-order chi connectivity index (χ1) is 15.5. The molecule has 0 spiro atoms. The van der Waals surface area contributed by atoms with Crippen LogP contribution in [-0.2, 0) is 4.74 Å². The van der Waals surface area contributed by atoms with Crippen molar-refractivity contribution in [1.82, 2.24) is 19.9 Å². The molecule has 1 aromatic carbocycles. The molecule has 5 nitrogen and oxygen atoms in total. The van der Waals surface area contributed by atoms with Gasteiger partial charge in [-0.1, -0.05) is 11.6 Å². The Kier molecular flexibility index (Phi) is 5.57. The Morgan fingerprint density at radius 1 is 1.00 bits per heavy atom. The summed E-state index contributed by atoms with van der Waals surface area (Å²) in [7, 11) is 0. The maximum atomic E-state index is 14.8. The van der Waals surface area contributed by atoms with Crippen molar-refractivity contribution in [3.63, 3.8) is 0 Å². The van der Waals surface area contributed by atoms with Crippen LogP contribution in [0.25, 0.3) is 22.3 Å². The van der Waals surface area contributed by atoms with Crippen molar-refractivity contribution in [1.29, 1.82) is 0 Å². The third kappa shape index (κ3) is 4.08. The average molecular weight is 449 g/mol. The first-order valence-corrected chi connectivity index (χ1v) is 11.0. The summed E-state index contributed by atoms with van der Waals surface area (Å²) < 4.78 is 20.9. The maximum absolute atomic E-state index is 14.8. The molecular weight excluding hydrogens is 427 g/mol. The summed E-state index contributed by atoms with van der Waals surface area (Å²) in [6.45, 7) is 4.49. The van der Waals surface area contributed by atoms with Gasteiger partial charge in [-0.3, -0.25) is 4.98 Å². The summed E-state index contributed by atoms with van der Waals surface area (Å²) in [5.41, 5.74) is 4.40. The minimum atomic E-state index is -0.416. The highest BCUT2D eigenvalue weighted by molar-refractivity contribution is 6.30. The average Bonchev–Trinajstić information content (AvgIpc) is 2.78. The Balaban J connectivity index is 1.59. The molecule has 0 aliphatic carbocycles. The molecule has 0 amide bonds. The Bertz CT molecular complexity index is 1310. The Hall–Kier alpha value is -2.96. The second-order valence-electron chi connectivity index (χ2n) is 8.19. The van der Waals surface area contributed by atoms with Crippen LogP contribution in [0, 0.1) is 19.7 Å². The molecule has 0 saturated carbocycles. The molecule has 0 radical (unpaired) electrons. The van der Waals surface area contributed by atoms with Crippen LogP contribution in [0.4, 0.5) is 4.39 Å². The van der Waals surface area contributed by atoms with Gasteiger partial charge in [0.2, 0.25) is 0 Å². The van der Waals surface area contributed by atoms with E-state index in [4.69, 9.17) is 26.3 Å². The predicted molar refractivity (Wildman–Crippen MR) is 122 cm³/mol. The van der Waals surface area contributed by atoms with E-state index in [1.807, 2.05) is 38.1 Å². The number of hydrogen-bond acceptors (Lipinski definition) is 5. The third-order valence-electron chi connectivity index (χ3n) is 5.84. The van der Waals surface area contributed by atoms with Crippen molar-refractivity contribution < 1.29 is 9.13 Å². The number of rotatable bonds is 3. The number of hydrogen-bond donors (Lipinski definition) is 0. The molecule has 5 rings (SSSR count). The van der Waals surface area contributed by atoms with Gasteiger partial charge >= 0.3 is 0 Å². The first kappa shape index (κ1) is 20.9. The van der Waals surface area contributed by atoms with Crippen molar-refractivity contribution in [2.24, 2.45) is 0 Å². The number of aromatic nitrogens is 4. The van der Waals surface area contributed by atoms with Gasteiger partial charge in [0.25, 0.3) is 0 Å².